The monoisotopic (exact) mass is 358 g/mol. The number of carbonyl (C=O) groups is 2. The molecule has 140 valence electrons. The molecule has 1 aromatic carbocycles. The molecule has 0 saturated carbocycles. The summed E-state index contributed by atoms with van der Waals surface area (Å²) in [5.41, 5.74) is 9.11. The van der Waals surface area contributed by atoms with Gasteiger partial charge < -0.3 is 20.2 Å². The van der Waals surface area contributed by atoms with Crippen molar-refractivity contribution in [3.8, 4) is 0 Å². The van der Waals surface area contributed by atoms with E-state index in [1.807, 2.05) is 32.9 Å². The number of fused-ring (bicyclic) bond motifs is 3. The molecular formula is C20H26N2O4. The average molecular weight is 358 g/mol. The van der Waals surface area contributed by atoms with E-state index in [1.54, 1.807) is 13.0 Å². The number of nitrogens with one attached hydrogen (secondary N) is 1. The number of H-pyrrole nitrogens is 1. The van der Waals surface area contributed by atoms with Gasteiger partial charge in [-0.1, -0.05) is 0 Å². The highest BCUT2D eigenvalue weighted by Gasteiger charge is 2.34. The molecule has 6 nitrogen and oxygen atoms in total. The van der Waals surface area contributed by atoms with Crippen LogP contribution in [0.3, 0.4) is 0 Å². The third kappa shape index (κ3) is 3.60. The number of rotatable bonds is 3. The molecule has 0 fully saturated rings. The summed E-state index contributed by atoms with van der Waals surface area (Å²) in [6.45, 7) is 7.68. The van der Waals surface area contributed by atoms with Crippen molar-refractivity contribution >= 4 is 22.8 Å². The molecule has 0 saturated heterocycles. The van der Waals surface area contributed by atoms with E-state index in [4.69, 9.17) is 15.2 Å². The second-order valence-electron chi connectivity index (χ2n) is 7.77. The van der Waals surface area contributed by atoms with E-state index in [1.165, 1.54) is 0 Å². The van der Waals surface area contributed by atoms with Crippen LogP contribution in [0.1, 0.15) is 61.8 Å². The van der Waals surface area contributed by atoms with Crippen LogP contribution in [0.25, 0.3) is 10.9 Å². The lowest BCUT2D eigenvalue weighted by atomic mass is 9.83. The number of hydrogen-bond donors (Lipinski definition) is 2. The van der Waals surface area contributed by atoms with Crippen molar-refractivity contribution in [1.82, 2.24) is 4.98 Å². The largest absolute Gasteiger partial charge is 0.462 e. The van der Waals surface area contributed by atoms with E-state index in [0.717, 1.165) is 22.2 Å². The first-order valence-electron chi connectivity index (χ1n) is 8.99. The maximum atomic E-state index is 12.5. The third-order valence-corrected chi connectivity index (χ3v) is 4.55. The molecule has 0 bridgehead atoms. The van der Waals surface area contributed by atoms with Crippen molar-refractivity contribution < 1.29 is 19.1 Å². The van der Waals surface area contributed by atoms with Gasteiger partial charge in [-0.25, -0.2) is 4.79 Å². The summed E-state index contributed by atoms with van der Waals surface area (Å²) in [6.07, 6.45) is 1.09. The number of aromatic amines is 1. The smallest absolute Gasteiger partial charge is 0.338 e. The Morgan fingerprint density at radius 2 is 2.04 bits per heavy atom. The van der Waals surface area contributed by atoms with E-state index in [9.17, 15) is 9.59 Å². The topological polar surface area (TPSA) is 94.4 Å². The minimum atomic E-state index is -0.529. The van der Waals surface area contributed by atoms with Crippen molar-refractivity contribution in [3.05, 3.63) is 35.0 Å². The Hall–Kier alpha value is -2.34. The van der Waals surface area contributed by atoms with Gasteiger partial charge in [0.25, 0.3) is 0 Å². The zero-order valence-corrected chi connectivity index (χ0v) is 15.7. The van der Waals surface area contributed by atoms with Crippen LogP contribution in [0.4, 0.5) is 0 Å². The predicted molar refractivity (Wildman–Crippen MR) is 98.8 cm³/mol. The zero-order chi connectivity index (χ0) is 19.1. The summed E-state index contributed by atoms with van der Waals surface area (Å²) in [6, 6.07) is 5.14. The van der Waals surface area contributed by atoms with Crippen LogP contribution in [0.2, 0.25) is 0 Å². The van der Waals surface area contributed by atoms with E-state index in [-0.39, 0.29) is 23.9 Å². The quantitative estimate of drug-likeness (QED) is 0.821. The number of hydrogen-bond acceptors (Lipinski definition) is 5. The van der Waals surface area contributed by atoms with E-state index < -0.39 is 5.60 Å². The van der Waals surface area contributed by atoms with Gasteiger partial charge in [0.2, 0.25) is 0 Å². The van der Waals surface area contributed by atoms with Crippen molar-refractivity contribution in [3.63, 3.8) is 0 Å². The highest BCUT2D eigenvalue weighted by Crippen LogP contribution is 2.37. The number of nitrogens with two attached hydrogens (primary N) is 1. The summed E-state index contributed by atoms with van der Waals surface area (Å²) in [5, 5.41) is 0.911. The van der Waals surface area contributed by atoms with Gasteiger partial charge in [-0.3, -0.25) is 4.79 Å². The molecule has 1 heterocycles. The number of esters is 2. The fraction of sp³-hybridized carbons (Fsp3) is 0.500. The fourth-order valence-corrected chi connectivity index (χ4v) is 3.47. The fourth-order valence-electron chi connectivity index (χ4n) is 3.47. The number of ether oxygens (including phenoxy) is 2. The summed E-state index contributed by atoms with van der Waals surface area (Å²) in [5.74, 6) is -0.871. The van der Waals surface area contributed by atoms with Gasteiger partial charge in [-0.15, -0.1) is 0 Å². The van der Waals surface area contributed by atoms with Gasteiger partial charge in [0.05, 0.1) is 18.1 Å². The Labute approximate surface area is 153 Å². The molecule has 2 unspecified atom stereocenters. The number of aromatic nitrogens is 1. The van der Waals surface area contributed by atoms with E-state index >= 15 is 0 Å². The highest BCUT2D eigenvalue weighted by molar-refractivity contribution is 5.96. The van der Waals surface area contributed by atoms with Gasteiger partial charge in [0, 0.05) is 22.6 Å². The first-order chi connectivity index (χ1) is 12.2. The van der Waals surface area contributed by atoms with Gasteiger partial charge in [0.1, 0.15) is 5.60 Å². The number of carbonyl (C=O) groups excluding carboxylic acids is 2. The van der Waals surface area contributed by atoms with Crippen LogP contribution >= 0.6 is 0 Å². The lowest BCUT2D eigenvalue weighted by Gasteiger charge is -2.29. The second kappa shape index (κ2) is 6.76. The van der Waals surface area contributed by atoms with Crippen molar-refractivity contribution in [1.29, 1.82) is 0 Å². The molecule has 1 aromatic heterocycles. The van der Waals surface area contributed by atoms with Gasteiger partial charge in [-0.05, 0) is 64.3 Å². The first kappa shape index (κ1) is 18.5. The minimum absolute atomic E-state index is 0.227. The molecule has 2 aromatic rings. The molecule has 0 spiro atoms. The zero-order valence-electron chi connectivity index (χ0n) is 15.7. The molecule has 3 N–H and O–H groups in total. The van der Waals surface area contributed by atoms with Crippen LogP contribution in [0.15, 0.2) is 18.2 Å². The van der Waals surface area contributed by atoms with Crippen LogP contribution < -0.4 is 5.73 Å². The second-order valence-corrected chi connectivity index (χ2v) is 7.77. The van der Waals surface area contributed by atoms with Crippen LogP contribution in [-0.4, -0.2) is 29.1 Å². The molecular weight excluding hydrogens is 332 g/mol. The van der Waals surface area contributed by atoms with Gasteiger partial charge in [-0.2, -0.15) is 0 Å². The standard InChI is InChI=1S/C20H26N2O4/c1-5-25-18(23)11-6-7-16-13(8-11)14-9-12(10-15(21)17(14)22-16)19(24)26-20(2,3)4/h6-8,12,15,22H,5,9-10,21H2,1-4H3. The lowest BCUT2D eigenvalue weighted by molar-refractivity contribution is -0.160. The Kier molecular flexibility index (Phi) is 4.80. The SMILES string of the molecule is CCOC(=O)c1ccc2[nH]c3c(c2c1)CC(C(=O)OC(C)(C)C)CC3N. The first-order valence-corrected chi connectivity index (χ1v) is 8.99. The summed E-state index contributed by atoms with van der Waals surface area (Å²) < 4.78 is 10.6. The Morgan fingerprint density at radius 1 is 1.31 bits per heavy atom. The van der Waals surface area contributed by atoms with Gasteiger partial charge >= 0.3 is 11.9 Å². The van der Waals surface area contributed by atoms with Crippen LogP contribution in [-0.2, 0) is 20.7 Å². The maximum Gasteiger partial charge on any atom is 0.338 e. The van der Waals surface area contributed by atoms with Gasteiger partial charge in [0.15, 0.2) is 0 Å². The summed E-state index contributed by atoms with van der Waals surface area (Å²) in [4.78, 5) is 27.9. The molecule has 1 aliphatic carbocycles. The average Bonchev–Trinajstić information content (AvgIpc) is 2.92. The summed E-state index contributed by atoms with van der Waals surface area (Å²) >= 11 is 0. The van der Waals surface area contributed by atoms with Crippen molar-refractivity contribution in [2.24, 2.45) is 11.7 Å². The maximum absolute atomic E-state index is 12.5. The minimum Gasteiger partial charge on any atom is -0.462 e. The Bertz CT molecular complexity index is 847. The number of benzene rings is 1. The predicted octanol–water partition coefficient (Wildman–Crippen LogP) is 3.25. The molecule has 3 rings (SSSR count). The normalized spacial score (nSPS) is 19.9. The summed E-state index contributed by atoms with van der Waals surface area (Å²) in [7, 11) is 0. The molecule has 1 aliphatic rings. The highest BCUT2D eigenvalue weighted by atomic mass is 16.6. The van der Waals surface area contributed by atoms with E-state index in [2.05, 4.69) is 4.98 Å². The molecule has 0 aliphatic heterocycles. The molecule has 0 amide bonds. The van der Waals surface area contributed by atoms with E-state index in [0.29, 0.717) is 25.0 Å². The Morgan fingerprint density at radius 3 is 2.69 bits per heavy atom. The van der Waals surface area contributed by atoms with Crippen LogP contribution in [0, 0.1) is 5.92 Å². The third-order valence-electron chi connectivity index (χ3n) is 4.55. The van der Waals surface area contributed by atoms with Crippen molar-refractivity contribution in [2.75, 3.05) is 6.61 Å². The lowest BCUT2D eigenvalue weighted by Crippen LogP contribution is -2.34. The molecule has 2 atom stereocenters. The molecule has 0 radical (unpaired) electrons. The Balaban J connectivity index is 1.95. The van der Waals surface area contributed by atoms with Crippen LogP contribution in [0.5, 0.6) is 0 Å². The molecule has 26 heavy (non-hydrogen) atoms. The van der Waals surface area contributed by atoms with Crippen molar-refractivity contribution in [2.45, 2.75) is 52.2 Å². The molecule has 6 heteroatoms.